The number of halogens is 3. The topological polar surface area (TPSA) is 85.9 Å². The van der Waals surface area contributed by atoms with Crippen LogP contribution in [0.25, 0.3) is 0 Å². The maximum absolute atomic E-state index is 14.0. The molecular formula is C21H23F3N2O5. The Hall–Kier alpha value is -3.27. The molecule has 168 valence electrons. The highest BCUT2D eigenvalue weighted by atomic mass is 19.4. The minimum Gasteiger partial charge on any atom is -0.493 e. The van der Waals surface area contributed by atoms with Gasteiger partial charge in [0.25, 0.3) is 11.6 Å². The van der Waals surface area contributed by atoms with Gasteiger partial charge in [0.05, 0.1) is 21.3 Å². The molecule has 31 heavy (non-hydrogen) atoms. The highest BCUT2D eigenvalue weighted by molar-refractivity contribution is 5.98. The second-order valence-electron chi connectivity index (χ2n) is 6.43. The molecule has 0 aliphatic rings. The Morgan fingerprint density at radius 1 is 0.935 bits per heavy atom. The molecule has 2 rings (SSSR count). The van der Waals surface area contributed by atoms with Gasteiger partial charge in [-0.05, 0) is 36.2 Å². The van der Waals surface area contributed by atoms with Crippen LogP contribution >= 0.6 is 0 Å². The van der Waals surface area contributed by atoms with Crippen LogP contribution < -0.4 is 20.1 Å². The van der Waals surface area contributed by atoms with E-state index in [0.29, 0.717) is 17.1 Å². The van der Waals surface area contributed by atoms with Gasteiger partial charge in [0.15, 0.2) is 11.5 Å². The first-order valence-corrected chi connectivity index (χ1v) is 9.17. The number of hydrogen-bond acceptors (Lipinski definition) is 6. The molecule has 0 bridgehead atoms. The number of methoxy groups -OCH3 is 3. The summed E-state index contributed by atoms with van der Waals surface area (Å²) in [6, 6.07) is 12.1. The molecule has 2 aromatic carbocycles. The second-order valence-corrected chi connectivity index (χ2v) is 6.43. The van der Waals surface area contributed by atoms with E-state index in [2.05, 4.69) is 10.1 Å². The SMILES string of the molecule is COC(=O)[C@@](NCCc1ccc(OC)c(OC)c1)(NC(=O)c1ccccc1)C(F)(F)F. The number of benzene rings is 2. The fourth-order valence-electron chi connectivity index (χ4n) is 2.87. The molecule has 0 heterocycles. The minimum atomic E-state index is -5.18. The van der Waals surface area contributed by atoms with E-state index in [1.165, 1.54) is 38.5 Å². The number of esters is 1. The van der Waals surface area contributed by atoms with Gasteiger partial charge in [-0.25, -0.2) is 4.79 Å². The van der Waals surface area contributed by atoms with Crippen molar-refractivity contribution in [1.29, 1.82) is 0 Å². The molecule has 0 spiro atoms. The third kappa shape index (κ3) is 5.46. The first kappa shape index (κ1) is 24.0. The number of alkyl halides is 3. The fraction of sp³-hybridized carbons (Fsp3) is 0.333. The van der Waals surface area contributed by atoms with Crippen molar-refractivity contribution in [1.82, 2.24) is 10.6 Å². The molecule has 0 unspecified atom stereocenters. The highest BCUT2D eigenvalue weighted by Crippen LogP contribution is 2.31. The van der Waals surface area contributed by atoms with Crippen LogP contribution in [0.1, 0.15) is 15.9 Å². The Morgan fingerprint density at radius 2 is 1.58 bits per heavy atom. The van der Waals surface area contributed by atoms with Crippen molar-refractivity contribution in [3.63, 3.8) is 0 Å². The first-order valence-electron chi connectivity index (χ1n) is 9.17. The molecule has 0 saturated carbocycles. The summed E-state index contributed by atoms with van der Waals surface area (Å²) >= 11 is 0. The molecule has 0 aliphatic heterocycles. The average Bonchev–Trinajstić information content (AvgIpc) is 2.77. The maximum atomic E-state index is 14.0. The van der Waals surface area contributed by atoms with Gasteiger partial charge in [-0.1, -0.05) is 24.3 Å². The molecule has 2 aromatic rings. The predicted molar refractivity (Wildman–Crippen MR) is 106 cm³/mol. The van der Waals surface area contributed by atoms with Gasteiger partial charge in [0, 0.05) is 12.1 Å². The number of nitrogens with one attached hydrogen (secondary N) is 2. The molecule has 1 amide bonds. The van der Waals surface area contributed by atoms with E-state index in [1.54, 1.807) is 29.6 Å². The monoisotopic (exact) mass is 440 g/mol. The molecular weight excluding hydrogens is 417 g/mol. The Balaban J connectivity index is 2.26. The zero-order chi connectivity index (χ0) is 23.1. The molecule has 0 radical (unpaired) electrons. The molecule has 0 fully saturated rings. The van der Waals surface area contributed by atoms with Crippen LogP contribution in [0.4, 0.5) is 13.2 Å². The van der Waals surface area contributed by atoms with Crippen LogP contribution in [0.3, 0.4) is 0 Å². The van der Waals surface area contributed by atoms with Gasteiger partial charge >= 0.3 is 12.1 Å². The molecule has 0 saturated heterocycles. The van der Waals surface area contributed by atoms with Gasteiger partial charge in [-0.3, -0.25) is 10.1 Å². The number of carbonyl (C=O) groups excluding carboxylic acids is 2. The predicted octanol–water partition coefficient (Wildman–Crippen LogP) is 2.70. The summed E-state index contributed by atoms with van der Waals surface area (Å²) in [7, 11) is 3.71. The average molecular weight is 440 g/mol. The van der Waals surface area contributed by atoms with Gasteiger partial charge in [0.2, 0.25) is 0 Å². The first-order chi connectivity index (χ1) is 14.7. The van der Waals surface area contributed by atoms with Crippen molar-refractivity contribution in [3.05, 3.63) is 59.7 Å². The summed E-state index contributed by atoms with van der Waals surface area (Å²) < 4.78 is 56.7. The van der Waals surface area contributed by atoms with E-state index in [4.69, 9.17) is 9.47 Å². The minimum absolute atomic E-state index is 0.0401. The zero-order valence-electron chi connectivity index (χ0n) is 17.2. The lowest BCUT2D eigenvalue weighted by molar-refractivity contribution is -0.217. The van der Waals surface area contributed by atoms with Crippen LogP contribution in [0.15, 0.2) is 48.5 Å². The molecule has 2 N–H and O–H groups in total. The molecule has 10 heteroatoms. The largest absolute Gasteiger partial charge is 0.493 e. The van der Waals surface area contributed by atoms with Gasteiger partial charge < -0.3 is 19.5 Å². The number of hydrogen-bond donors (Lipinski definition) is 2. The smallest absolute Gasteiger partial charge is 0.436 e. The van der Waals surface area contributed by atoms with E-state index in [-0.39, 0.29) is 18.5 Å². The zero-order valence-corrected chi connectivity index (χ0v) is 17.2. The second kappa shape index (κ2) is 10.2. The standard InChI is InChI=1S/C21H23F3N2O5/c1-29-16-10-9-14(13-17(16)30-2)11-12-25-20(19(28)31-3,21(22,23)24)26-18(27)15-7-5-4-6-8-15/h4-10,13,25H,11-12H2,1-3H3,(H,26,27)/t20-/m1/s1. The van der Waals surface area contributed by atoms with Crippen LogP contribution in [0.2, 0.25) is 0 Å². The quantitative estimate of drug-likeness (QED) is 0.461. The molecule has 0 aliphatic carbocycles. The summed E-state index contributed by atoms with van der Waals surface area (Å²) in [6.07, 6.45) is -5.08. The maximum Gasteiger partial charge on any atom is 0.436 e. The number of amides is 1. The fourth-order valence-corrected chi connectivity index (χ4v) is 2.87. The lowest BCUT2D eigenvalue weighted by atomic mass is 10.1. The van der Waals surface area contributed by atoms with Crippen molar-refractivity contribution in [3.8, 4) is 11.5 Å². The van der Waals surface area contributed by atoms with Crippen LogP contribution in [-0.2, 0) is 16.0 Å². The molecule has 7 nitrogen and oxygen atoms in total. The Morgan fingerprint density at radius 3 is 2.13 bits per heavy atom. The lowest BCUT2D eigenvalue weighted by Gasteiger charge is -2.34. The van der Waals surface area contributed by atoms with Crippen molar-refractivity contribution in [2.45, 2.75) is 18.3 Å². The third-order valence-corrected chi connectivity index (χ3v) is 4.51. The number of ether oxygens (including phenoxy) is 3. The van der Waals surface area contributed by atoms with Crippen molar-refractivity contribution >= 4 is 11.9 Å². The van der Waals surface area contributed by atoms with E-state index in [0.717, 1.165) is 7.11 Å². The van der Waals surface area contributed by atoms with Gasteiger partial charge in [0.1, 0.15) is 0 Å². The Kier molecular flexibility index (Phi) is 7.87. The summed E-state index contributed by atoms with van der Waals surface area (Å²) in [5, 5.41) is 3.91. The Bertz CT molecular complexity index is 906. The highest BCUT2D eigenvalue weighted by Gasteiger charge is 2.62. The van der Waals surface area contributed by atoms with Crippen LogP contribution in [0, 0.1) is 0 Å². The van der Waals surface area contributed by atoms with E-state index in [9.17, 15) is 22.8 Å². The summed E-state index contributed by atoms with van der Waals surface area (Å²) in [5.74, 6) is -1.89. The van der Waals surface area contributed by atoms with E-state index in [1.807, 2.05) is 0 Å². The van der Waals surface area contributed by atoms with Gasteiger partial charge in [-0.15, -0.1) is 0 Å². The van der Waals surface area contributed by atoms with Crippen molar-refractivity contribution in [2.24, 2.45) is 0 Å². The third-order valence-electron chi connectivity index (χ3n) is 4.51. The Labute approximate surface area is 177 Å². The number of rotatable bonds is 9. The van der Waals surface area contributed by atoms with Crippen LogP contribution in [0.5, 0.6) is 11.5 Å². The summed E-state index contributed by atoms with van der Waals surface area (Å²) in [5.41, 5.74) is -2.84. The van der Waals surface area contributed by atoms with E-state index >= 15 is 0 Å². The summed E-state index contributed by atoms with van der Waals surface area (Å²) in [6.45, 7) is -0.306. The van der Waals surface area contributed by atoms with E-state index < -0.39 is 23.7 Å². The number of carbonyl (C=O) groups is 2. The normalized spacial score (nSPS) is 13.1. The lowest BCUT2D eigenvalue weighted by Crippen LogP contribution is -2.72. The van der Waals surface area contributed by atoms with Crippen molar-refractivity contribution in [2.75, 3.05) is 27.9 Å². The molecule has 0 aromatic heterocycles. The van der Waals surface area contributed by atoms with Crippen LogP contribution in [-0.4, -0.2) is 51.6 Å². The van der Waals surface area contributed by atoms with Gasteiger partial charge in [-0.2, -0.15) is 13.2 Å². The molecule has 1 atom stereocenters. The van der Waals surface area contributed by atoms with Crippen molar-refractivity contribution < 1.29 is 37.0 Å². The summed E-state index contributed by atoms with van der Waals surface area (Å²) in [4.78, 5) is 24.6.